The minimum atomic E-state index is -0.129. The van der Waals surface area contributed by atoms with Crippen LogP contribution in [0.3, 0.4) is 0 Å². The molecule has 3 rings (SSSR count). The van der Waals surface area contributed by atoms with Crippen molar-refractivity contribution in [3.8, 4) is 0 Å². The fourth-order valence-electron chi connectivity index (χ4n) is 2.68. The van der Waals surface area contributed by atoms with Crippen LogP contribution in [0, 0.1) is 0 Å². The van der Waals surface area contributed by atoms with E-state index in [1.165, 1.54) is 11.3 Å². The molecule has 0 aliphatic carbocycles. The van der Waals surface area contributed by atoms with Crippen LogP contribution in [0.5, 0.6) is 0 Å². The van der Waals surface area contributed by atoms with Crippen molar-refractivity contribution < 1.29 is 4.79 Å². The summed E-state index contributed by atoms with van der Waals surface area (Å²) in [4.78, 5) is 33.8. The number of nitrogens with one attached hydrogen (secondary N) is 2. The summed E-state index contributed by atoms with van der Waals surface area (Å²) in [6.45, 7) is 3.44. The number of H-pyrrole nitrogens is 1. The number of benzene rings is 1. The van der Waals surface area contributed by atoms with Gasteiger partial charge in [-0.2, -0.15) is 0 Å². The summed E-state index contributed by atoms with van der Waals surface area (Å²) in [6.07, 6.45) is 0.899. The Kier molecular flexibility index (Phi) is 6.18. The molecule has 2 heterocycles. The number of nitrogens with zero attached hydrogens (tertiary/aromatic N) is 2. The number of aromatic amines is 1. The Morgan fingerprint density at radius 1 is 1.31 bits per heavy atom. The highest BCUT2D eigenvalue weighted by Gasteiger charge is 2.13. The Morgan fingerprint density at radius 2 is 2.08 bits per heavy atom. The van der Waals surface area contributed by atoms with E-state index in [1.54, 1.807) is 0 Å². The smallest absolute Gasteiger partial charge is 0.268 e. The maximum atomic E-state index is 12.4. The van der Waals surface area contributed by atoms with E-state index in [1.807, 2.05) is 40.6 Å². The van der Waals surface area contributed by atoms with Crippen LogP contribution in [0.25, 0.3) is 10.2 Å². The highest BCUT2D eigenvalue weighted by molar-refractivity contribution is 9.10. The van der Waals surface area contributed by atoms with E-state index in [0.29, 0.717) is 22.6 Å². The van der Waals surface area contributed by atoms with Crippen molar-refractivity contribution in [3.63, 3.8) is 0 Å². The molecular formula is C18H19BrN4O2S. The van der Waals surface area contributed by atoms with E-state index >= 15 is 0 Å². The first-order chi connectivity index (χ1) is 12.5. The SMILES string of the molecule is CCCN(CC(=O)Nc1ccc(Br)cc1)Cc1nc2ccsc2c(=O)[nH]1. The summed E-state index contributed by atoms with van der Waals surface area (Å²) in [5.41, 5.74) is 1.32. The number of aromatic nitrogens is 2. The molecule has 0 saturated heterocycles. The van der Waals surface area contributed by atoms with Crippen molar-refractivity contribution in [2.75, 3.05) is 18.4 Å². The van der Waals surface area contributed by atoms with Gasteiger partial charge >= 0.3 is 0 Å². The second-order valence-electron chi connectivity index (χ2n) is 5.91. The molecule has 0 aliphatic heterocycles. The second-order valence-corrected chi connectivity index (χ2v) is 7.75. The third-order valence-electron chi connectivity index (χ3n) is 3.77. The van der Waals surface area contributed by atoms with E-state index in [2.05, 4.69) is 38.1 Å². The zero-order valence-corrected chi connectivity index (χ0v) is 16.7. The zero-order valence-electron chi connectivity index (χ0n) is 14.3. The molecule has 3 aromatic rings. The maximum Gasteiger partial charge on any atom is 0.268 e. The second kappa shape index (κ2) is 8.57. The fraction of sp³-hybridized carbons (Fsp3) is 0.278. The van der Waals surface area contributed by atoms with Gasteiger partial charge in [-0.15, -0.1) is 11.3 Å². The van der Waals surface area contributed by atoms with Crippen molar-refractivity contribution in [2.45, 2.75) is 19.9 Å². The third-order valence-corrected chi connectivity index (χ3v) is 5.20. The molecule has 0 saturated carbocycles. The first-order valence-electron chi connectivity index (χ1n) is 8.29. The van der Waals surface area contributed by atoms with E-state index in [0.717, 1.165) is 23.1 Å². The molecular weight excluding hydrogens is 416 g/mol. The first kappa shape index (κ1) is 18.8. The van der Waals surface area contributed by atoms with E-state index in [9.17, 15) is 9.59 Å². The van der Waals surface area contributed by atoms with Crippen molar-refractivity contribution in [1.29, 1.82) is 0 Å². The number of halogens is 1. The van der Waals surface area contributed by atoms with Gasteiger partial charge in [-0.25, -0.2) is 4.98 Å². The Labute approximate surface area is 163 Å². The predicted molar refractivity (Wildman–Crippen MR) is 109 cm³/mol. The molecule has 0 atom stereocenters. The van der Waals surface area contributed by atoms with Crippen LogP contribution < -0.4 is 10.9 Å². The average Bonchev–Trinajstić information content (AvgIpc) is 3.06. The molecule has 0 spiro atoms. The molecule has 136 valence electrons. The van der Waals surface area contributed by atoms with Crippen molar-refractivity contribution in [3.05, 3.63) is 56.4 Å². The number of thiophene rings is 1. The van der Waals surface area contributed by atoms with E-state index in [-0.39, 0.29) is 18.0 Å². The third kappa shape index (κ3) is 4.78. The highest BCUT2D eigenvalue weighted by atomic mass is 79.9. The molecule has 0 fully saturated rings. The van der Waals surface area contributed by atoms with Gasteiger partial charge in [0.05, 0.1) is 18.6 Å². The molecule has 1 amide bonds. The van der Waals surface area contributed by atoms with Crippen molar-refractivity contribution in [1.82, 2.24) is 14.9 Å². The quantitative estimate of drug-likeness (QED) is 0.595. The predicted octanol–water partition coefficient (Wildman–Crippen LogP) is 3.60. The van der Waals surface area contributed by atoms with Gasteiger partial charge in [0.2, 0.25) is 5.91 Å². The zero-order chi connectivity index (χ0) is 18.5. The van der Waals surface area contributed by atoms with Gasteiger partial charge in [-0.05, 0) is 48.7 Å². The summed E-state index contributed by atoms with van der Waals surface area (Å²) < 4.78 is 1.59. The van der Waals surface area contributed by atoms with E-state index in [4.69, 9.17) is 0 Å². The molecule has 2 N–H and O–H groups in total. The molecule has 0 aliphatic rings. The van der Waals surface area contributed by atoms with Crippen LogP contribution in [0.1, 0.15) is 19.2 Å². The summed E-state index contributed by atoms with van der Waals surface area (Å²) in [7, 11) is 0. The number of anilines is 1. The molecule has 26 heavy (non-hydrogen) atoms. The molecule has 2 aromatic heterocycles. The van der Waals surface area contributed by atoms with Crippen LogP contribution in [0.2, 0.25) is 0 Å². The monoisotopic (exact) mass is 434 g/mol. The van der Waals surface area contributed by atoms with Gasteiger partial charge in [0.25, 0.3) is 5.56 Å². The van der Waals surface area contributed by atoms with Gasteiger partial charge < -0.3 is 10.3 Å². The molecule has 6 nitrogen and oxygen atoms in total. The van der Waals surface area contributed by atoms with Gasteiger partial charge in [-0.3, -0.25) is 14.5 Å². The highest BCUT2D eigenvalue weighted by Crippen LogP contribution is 2.15. The topological polar surface area (TPSA) is 78.1 Å². The van der Waals surface area contributed by atoms with Gasteiger partial charge in [0.1, 0.15) is 10.5 Å². The number of fused-ring (bicyclic) bond motifs is 1. The standard InChI is InChI=1S/C18H19BrN4O2S/c1-2-8-23(11-16(24)20-13-5-3-12(19)4-6-13)10-15-21-14-7-9-26-17(14)18(25)22-15/h3-7,9H,2,8,10-11H2,1H3,(H,20,24)(H,21,22,25). The molecule has 8 heteroatoms. The van der Waals surface area contributed by atoms with E-state index < -0.39 is 0 Å². The lowest BCUT2D eigenvalue weighted by molar-refractivity contribution is -0.117. The van der Waals surface area contributed by atoms with Crippen LogP contribution in [0.4, 0.5) is 5.69 Å². The van der Waals surface area contributed by atoms with Crippen molar-refractivity contribution >= 4 is 49.1 Å². The number of carbonyl (C=O) groups excluding carboxylic acids is 1. The summed E-state index contributed by atoms with van der Waals surface area (Å²) in [6, 6.07) is 9.28. The maximum absolute atomic E-state index is 12.4. The average molecular weight is 435 g/mol. The van der Waals surface area contributed by atoms with Crippen LogP contribution in [-0.2, 0) is 11.3 Å². The van der Waals surface area contributed by atoms with Gasteiger partial charge in [0, 0.05) is 10.2 Å². The van der Waals surface area contributed by atoms with Gasteiger partial charge in [0.15, 0.2) is 0 Å². The number of amides is 1. The summed E-state index contributed by atoms with van der Waals surface area (Å²) in [5.74, 6) is 0.477. The number of hydrogen-bond acceptors (Lipinski definition) is 5. The first-order valence-corrected chi connectivity index (χ1v) is 9.96. The number of rotatable bonds is 7. The Bertz CT molecular complexity index is 952. The van der Waals surface area contributed by atoms with Crippen LogP contribution >= 0.6 is 27.3 Å². The molecule has 1 aromatic carbocycles. The Morgan fingerprint density at radius 3 is 2.81 bits per heavy atom. The minimum Gasteiger partial charge on any atom is -0.325 e. The fourth-order valence-corrected chi connectivity index (χ4v) is 3.67. The normalized spacial score (nSPS) is 11.2. The molecule has 0 radical (unpaired) electrons. The minimum absolute atomic E-state index is 0.0975. The molecule has 0 bridgehead atoms. The number of hydrogen-bond donors (Lipinski definition) is 2. The Hall–Kier alpha value is -2.03. The summed E-state index contributed by atoms with van der Waals surface area (Å²) >= 11 is 4.75. The van der Waals surface area contributed by atoms with Crippen LogP contribution in [-0.4, -0.2) is 33.9 Å². The van der Waals surface area contributed by atoms with Gasteiger partial charge in [-0.1, -0.05) is 22.9 Å². The molecule has 0 unspecified atom stereocenters. The lowest BCUT2D eigenvalue weighted by atomic mass is 10.3. The largest absolute Gasteiger partial charge is 0.325 e. The Balaban J connectivity index is 1.68. The van der Waals surface area contributed by atoms with Crippen molar-refractivity contribution in [2.24, 2.45) is 0 Å². The summed E-state index contributed by atoms with van der Waals surface area (Å²) in [5, 5.41) is 4.74. The lowest BCUT2D eigenvalue weighted by Crippen LogP contribution is -2.34. The lowest BCUT2D eigenvalue weighted by Gasteiger charge is -2.20. The number of carbonyl (C=O) groups is 1. The van der Waals surface area contributed by atoms with Crippen LogP contribution in [0.15, 0.2) is 45.0 Å².